The van der Waals surface area contributed by atoms with Crippen molar-refractivity contribution in [3.05, 3.63) is 12.2 Å². The molecule has 1 unspecified atom stereocenters. The highest BCUT2D eigenvalue weighted by Gasteiger charge is 2.37. The first-order chi connectivity index (χ1) is 9.19. The van der Waals surface area contributed by atoms with Gasteiger partial charge in [0.2, 0.25) is 12.3 Å². The van der Waals surface area contributed by atoms with Crippen LogP contribution in [-0.2, 0) is 4.79 Å². The van der Waals surface area contributed by atoms with Crippen LogP contribution < -0.4 is 0 Å². The zero-order valence-corrected chi connectivity index (χ0v) is 13.1. The first-order valence-electron chi connectivity index (χ1n) is 7.25. The molecule has 1 aliphatic rings. The van der Waals surface area contributed by atoms with Gasteiger partial charge in [0, 0.05) is 24.4 Å². The predicted molar refractivity (Wildman–Crippen MR) is 76.1 cm³/mol. The second-order valence-electron chi connectivity index (χ2n) is 7.62. The Hall–Kier alpha value is -1.39. The summed E-state index contributed by atoms with van der Waals surface area (Å²) < 4.78 is 4.86. The zero-order chi connectivity index (χ0) is 15.0. The van der Waals surface area contributed by atoms with Crippen molar-refractivity contribution in [2.75, 3.05) is 13.1 Å². The van der Waals surface area contributed by atoms with Crippen LogP contribution in [0.3, 0.4) is 0 Å². The lowest BCUT2D eigenvalue weighted by Crippen LogP contribution is -2.43. The van der Waals surface area contributed by atoms with Crippen LogP contribution in [0.1, 0.15) is 59.2 Å². The minimum Gasteiger partial charge on any atom is -0.343 e. The number of carbonyl (C=O) groups is 1. The molecule has 0 N–H and O–H groups in total. The largest absolute Gasteiger partial charge is 0.343 e. The van der Waals surface area contributed by atoms with Gasteiger partial charge in [-0.1, -0.05) is 39.8 Å². The van der Waals surface area contributed by atoms with Crippen molar-refractivity contribution in [3.8, 4) is 0 Å². The molecule has 0 radical (unpaired) electrons. The number of aromatic nitrogens is 2. The van der Waals surface area contributed by atoms with Gasteiger partial charge in [-0.15, -0.1) is 0 Å². The Kier molecular flexibility index (Phi) is 3.89. The van der Waals surface area contributed by atoms with E-state index >= 15 is 0 Å². The van der Waals surface area contributed by atoms with Crippen molar-refractivity contribution in [2.45, 2.75) is 53.4 Å². The topological polar surface area (TPSA) is 59.2 Å². The molecule has 20 heavy (non-hydrogen) atoms. The van der Waals surface area contributed by atoms with Gasteiger partial charge in [0.1, 0.15) is 0 Å². The standard InChI is InChI=1S/C15H25N3O2/c1-14(2,3)13(19)18-7-6-11(8-15(4,5)9-18)12-16-10-20-17-12/h10-11H,6-9H2,1-5H3. The molecule has 2 heterocycles. The summed E-state index contributed by atoms with van der Waals surface area (Å²) in [6.07, 6.45) is 3.25. The molecular weight excluding hydrogens is 254 g/mol. The van der Waals surface area contributed by atoms with Gasteiger partial charge >= 0.3 is 0 Å². The van der Waals surface area contributed by atoms with Gasteiger partial charge in [-0.2, -0.15) is 4.98 Å². The van der Waals surface area contributed by atoms with Crippen molar-refractivity contribution in [3.63, 3.8) is 0 Å². The monoisotopic (exact) mass is 279 g/mol. The number of nitrogens with zero attached hydrogens (tertiary/aromatic N) is 3. The third kappa shape index (κ3) is 3.38. The Morgan fingerprint density at radius 3 is 2.70 bits per heavy atom. The average Bonchev–Trinajstić information content (AvgIpc) is 2.79. The van der Waals surface area contributed by atoms with E-state index in [1.54, 1.807) is 0 Å². The van der Waals surface area contributed by atoms with Crippen molar-refractivity contribution in [1.29, 1.82) is 0 Å². The van der Waals surface area contributed by atoms with E-state index in [-0.39, 0.29) is 22.7 Å². The van der Waals surface area contributed by atoms with E-state index in [1.807, 2.05) is 25.7 Å². The lowest BCUT2D eigenvalue weighted by molar-refractivity contribution is -0.140. The molecule has 2 rings (SSSR count). The Morgan fingerprint density at radius 1 is 1.45 bits per heavy atom. The molecule has 1 aromatic rings. The van der Waals surface area contributed by atoms with Crippen molar-refractivity contribution >= 4 is 5.91 Å². The van der Waals surface area contributed by atoms with E-state index in [2.05, 4.69) is 24.0 Å². The Bertz CT molecular complexity index is 460. The van der Waals surface area contributed by atoms with Gasteiger partial charge in [0.25, 0.3) is 0 Å². The van der Waals surface area contributed by atoms with Gasteiger partial charge in [0.05, 0.1) is 0 Å². The summed E-state index contributed by atoms with van der Waals surface area (Å²) >= 11 is 0. The smallest absolute Gasteiger partial charge is 0.227 e. The molecule has 1 aromatic heterocycles. The van der Waals surface area contributed by atoms with Crippen LogP contribution in [0.15, 0.2) is 10.9 Å². The summed E-state index contributed by atoms with van der Waals surface area (Å²) in [6.45, 7) is 11.9. The second-order valence-corrected chi connectivity index (χ2v) is 7.62. The second kappa shape index (κ2) is 5.19. The summed E-state index contributed by atoms with van der Waals surface area (Å²) in [7, 11) is 0. The molecule has 1 saturated heterocycles. The summed E-state index contributed by atoms with van der Waals surface area (Å²) in [5.74, 6) is 1.25. The lowest BCUT2D eigenvalue weighted by Gasteiger charge is -2.33. The fourth-order valence-corrected chi connectivity index (χ4v) is 2.97. The maximum Gasteiger partial charge on any atom is 0.227 e. The van der Waals surface area contributed by atoms with Crippen molar-refractivity contribution in [2.24, 2.45) is 10.8 Å². The average molecular weight is 279 g/mol. The number of hydrogen-bond acceptors (Lipinski definition) is 4. The number of carbonyl (C=O) groups excluding carboxylic acids is 1. The number of likely N-dealkylation sites (tertiary alicyclic amines) is 1. The molecule has 1 aliphatic heterocycles. The van der Waals surface area contributed by atoms with Crippen LogP contribution in [0.2, 0.25) is 0 Å². The van der Waals surface area contributed by atoms with Gasteiger partial charge in [-0.25, -0.2) is 0 Å². The summed E-state index contributed by atoms with van der Waals surface area (Å²) in [6, 6.07) is 0. The third-order valence-corrected chi connectivity index (χ3v) is 3.84. The molecule has 5 nitrogen and oxygen atoms in total. The molecule has 5 heteroatoms. The van der Waals surface area contributed by atoms with Crippen LogP contribution >= 0.6 is 0 Å². The number of amides is 1. The van der Waals surface area contributed by atoms with Crippen LogP contribution in [0.5, 0.6) is 0 Å². The molecule has 1 amide bonds. The van der Waals surface area contributed by atoms with E-state index in [0.717, 1.165) is 31.8 Å². The van der Waals surface area contributed by atoms with Crippen molar-refractivity contribution < 1.29 is 9.32 Å². The van der Waals surface area contributed by atoms with Gasteiger partial charge in [-0.05, 0) is 18.3 Å². The van der Waals surface area contributed by atoms with Gasteiger partial charge in [-0.3, -0.25) is 4.79 Å². The SMILES string of the molecule is CC1(C)CC(c2ncon2)CCN(C(=O)C(C)(C)C)C1. The van der Waals surface area contributed by atoms with Gasteiger partial charge in [0.15, 0.2) is 5.82 Å². The first kappa shape index (κ1) is 15.0. The Morgan fingerprint density at radius 2 is 2.15 bits per heavy atom. The molecule has 1 atom stereocenters. The van der Waals surface area contributed by atoms with Gasteiger partial charge < -0.3 is 9.42 Å². The number of rotatable bonds is 1. The lowest BCUT2D eigenvalue weighted by atomic mass is 9.82. The van der Waals surface area contributed by atoms with E-state index in [1.165, 1.54) is 6.39 Å². The normalized spacial score (nSPS) is 23.4. The first-order valence-corrected chi connectivity index (χ1v) is 7.25. The molecule has 0 spiro atoms. The Labute approximate surface area is 120 Å². The molecule has 1 fully saturated rings. The van der Waals surface area contributed by atoms with Crippen LogP contribution in [0.25, 0.3) is 0 Å². The van der Waals surface area contributed by atoms with Crippen LogP contribution in [0.4, 0.5) is 0 Å². The molecule has 0 aliphatic carbocycles. The summed E-state index contributed by atoms with van der Waals surface area (Å²) in [4.78, 5) is 18.7. The molecule has 0 aromatic carbocycles. The summed E-state index contributed by atoms with van der Waals surface area (Å²) in [5.41, 5.74) is -0.273. The minimum atomic E-state index is -0.331. The molecule has 0 bridgehead atoms. The van der Waals surface area contributed by atoms with Crippen LogP contribution in [-0.4, -0.2) is 34.0 Å². The van der Waals surface area contributed by atoms with E-state index in [9.17, 15) is 4.79 Å². The number of hydrogen-bond donors (Lipinski definition) is 0. The fourth-order valence-electron chi connectivity index (χ4n) is 2.97. The van der Waals surface area contributed by atoms with Crippen molar-refractivity contribution in [1.82, 2.24) is 15.0 Å². The van der Waals surface area contributed by atoms with E-state index in [0.29, 0.717) is 0 Å². The molecule has 0 saturated carbocycles. The maximum absolute atomic E-state index is 12.5. The highest BCUT2D eigenvalue weighted by atomic mass is 16.5. The quantitative estimate of drug-likeness (QED) is 0.793. The fraction of sp³-hybridized carbons (Fsp3) is 0.800. The highest BCUT2D eigenvalue weighted by molar-refractivity contribution is 5.81. The summed E-state index contributed by atoms with van der Waals surface area (Å²) in [5, 5.41) is 3.98. The maximum atomic E-state index is 12.5. The highest BCUT2D eigenvalue weighted by Crippen LogP contribution is 2.37. The Balaban J connectivity index is 2.16. The van der Waals surface area contributed by atoms with E-state index in [4.69, 9.17) is 4.52 Å². The zero-order valence-electron chi connectivity index (χ0n) is 13.1. The minimum absolute atomic E-state index is 0.0582. The van der Waals surface area contributed by atoms with E-state index < -0.39 is 0 Å². The predicted octanol–water partition coefficient (Wildman–Crippen LogP) is 2.85. The molecular formula is C15H25N3O2. The van der Waals surface area contributed by atoms with Crippen LogP contribution in [0, 0.1) is 10.8 Å². The third-order valence-electron chi connectivity index (χ3n) is 3.84. The molecule has 112 valence electrons.